The van der Waals surface area contributed by atoms with Gasteiger partial charge in [0.1, 0.15) is 6.61 Å². The molecule has 1 heterocycles. The molecule has 0 aromatic heterocycles. The largest absolute Gasteiger partial charge is 0.478 e. The van der Waals surface area contributed by atoms with Gasteiger partial charge in [-0.05, 0) is 105 Å². The lowest BCUT2D eigenvalue weighted by atomic mass is 9.41. The molecule has 4 aliphatic carbocycles. The maximum Gasteiger partial charge on any atom is 0.187 e. The average Bonchev–Trinajstić information content (AvgIpc) is 3.27. The van der Waals surface area contributed by atoms with Crippen molar-refractivity contribution in [3.05, 3.63) is 0 Å². The smallest absolute Gasteiger partial charge is 0.187 e. The number of ether oxygens (including phenoxy) is 1. The molecule has 4 heteroatoms. The van der Waals surface area contributed by atoms with Crippen molar-refractivity contribution < 1.29 is 14.9 Å². The van der Waals surface area contributed by atoms with E-state index in [-0.39, 0.29) is 29.1 Å². The molecule has 11 atom stereocenters. The second kappa shape index (κ2) is 7.70. The summed E-state index contributed by atoms with van der Waals surface area (Å²) < 4.78 is 6.22. The number of fused-ring (bicyclic) bond motifs is 5. The summed E-state index contributed by atoms with van der Waals surface area (Å²) in [7, 11) is 0. The van der Waals surface area contributed by atoms with Crippen molar-refractivity contribution in [2.24, 2.45) is 57.2 Å². The van der Waals surface area contributed by atoms with Crippen LogP contribution < -0.4 is 0 Å². The van der Waals surface area contributed by atoms with E-state index in [9.17, 15) is 10.2 Å². The Morgan fingerprint density at radius 1 is 1.03 bits per heavy atom. The maximum absolute atomic E-state index is 11.6. The van der Waals surface area contributed by atoms with E-state index < -0.39 is 0 Å². The van der Waals surface area contributed by atoms with Crippen LogP contribution in [0.4, 0.5) is 0 Å². The second-order valence-corrected chi connectivity index (χ2v) is 13.5. The van der Waals surface area contributed by atoms with Gasteiger partial charge in [-0.15, -0.1) is 0 Å². The van der Waals surface area contributed by atoms with Crippen LogP contribution in [0.25, 0.3) is 0 Å². The second-order valence-electron chi connectivity index (χ2n) is 13.5. The maximum atomic E-state index is 11.6. The molecule has 5 aliphatic rings. The molecule has 32 heavy (non-hydrogen) atoms. The molecule has 1 aliphatic heterocycles. The van der Waals surface area contributed by atoms with Crippen molar-refractivity contribution >= 4 is 5.90 Å². The van der Waals surface area contributed by atoms with Crippen molar-refractivity contribution in [2.45, 2.75) is 111 Å². The lowest BCUT2D eigenvalue weighted by molar-refractivity contribution is -0.186. The van der Waals surface area contributed by atoms with E-state index in [1.54, 1.807) is 0 Å². The molecule has 4 nitrogen and oxygen atoms in total. The third-order valence-electron chi connectivity index (χ3n) is 11.5. The van der Waals surface area contributed by atoms with Crippen LogP contribution in [0.1, 0.15) is 92.9 Å². The minimum absolute atomic E-state index is 0.0537. The van der Waals surface area contributed by atoms with E-state index >= 15 is 0 Å². The Balaban J connectivity index is 1.51. The summed E-state index contributed by atoms with van der Waals surface area (Å²) in [6, 6.07) is 0. The summed E-state index contributed by atoms with van der Waals surface area (Å²) in [5.41, 5.74) is 0.253. The SMILES string of the molecule is CC[C@@H](C)[C@H]1CC[C@H]2[C@@H]3[C@H](O)C[C@@H]4C[C@H](O)CC(C5=NC(C)(C)CO5)[C@]4(C)[C@H]3CC[C@]12C. The van der Waals surface area contributed by atoms with Crippen LogP contribution in [0.2, 0.25) is 0 Å². The highest BCUT2D eigenvalue weighted by Gasteiger charge is 2.65. The van der Waals surface area contributed by atoms with Gasteiger partial charge in [-0.1, -0.05) is 34.1 Å². The average molecular weight is 446 g/mol. The Labute approximate surface area is 195 Å². The molecule has 5 rings (SSSR count). The van der Waals surface area contributed by atoms with Crippen molar-refractivity contribution in [3.63, 3.8) is 0 Å². The molecule has 182 valence electrons. The van der Waals surface area contributed by atoms with Gasteiger partial charge < -0.3 is 14.9 Å². The molecule has 2 N–H and O–H groups in total. The van der Waals surface area contributed by atoms with E-state index in [2.05, 4.69) is 41.5 Å². The fourth-order valence-corrected chi connectivity index (χ4v) is 9.72. The number of rotatable bonds is 3. The molecular formula is C28H47NO3. The highest BCUT2D eigenvalue weighted by Crippen LogP contribution is 2.69. The number of hydrogen-bond donors (Lipinski definition) is 2. The van der Waals surface area contributed by atoms with Gasteiger partial charge in [0, 0.05) is 5.92 Å². The van der Waals surface area contributed by atoms with Crippen LogP contribution in [-0.4, -0.2) is 40.5 Å². The standard InChI is InChI=1S/C28H47NO3/c1-7-16(2)19-8-9-20-24-21(10-11-27(19,20)5)28(6)17(13-23(24)31)12-18(30)14-22(28)25-29-26(3,4)15-32-25/h16-24,30-31H,7-15H2,1-6H3/t16-,17+,18+,19-,20+,21+,22?,23-,24+,27-,28+/m1/s1. The number of aliphatic imine (C=N–C) groups is 1. The third kappa shape index (κ3) is 3.25. The predicted octanol–water partition coefficient (Wildman–Crippen LogP) is 5.46. The summed E-state index contributed by atoms with van der Waals surface area (Å²) in [6.07, 6.45) is 8.24. The van der Waals surface area contributed by atoms with E-state index in [0.29, 0.717) is 35.7 Å². The number of nitrogens with zero attached hydrogens (tertiary/aromatic N) is 1. The topological polar surface area (TPSA) is 62.0 Å². The van der Waals surface area contributed by atoms with Crippen LogP contribution in [0, 0.1) is 52.3 Å². The first-order chi connectivity index (χ1) is 15.0. The molecule has 4 saturated carbocycles. The molecule has 0 spiro atoms. The van der Waals surface area contributed by atoms with Gasteiger partial charge in [-0.3, -0.25) is 0 Å². The third-order valence-corrected chi connectivity index (χ3v) is 11.5. The fourth-order valence-electron chi connectivity index (χ4n) is 9.72. The molecule has 4 fully saturated rings. The predicted molar refractivity (Wildman–Crippen MR) is 128 cm³/mol. The highest BCUT2D eigenvalue weighted by atomic mass is 16.5. The Morgan fingerprint density at radius 3 is 2.44 bits per heavy atom. The first kappa shape index (κ1) is 23.1. The number of aliphatic hydroxyl groups excluding tert-OH is 2. The molecule has 0 bridgehead atoms. The minimum atomic E-state index is -0.313. The Kier molecular flexibility index (Phi) is 5.57. The summed E-state index contributed by atoms with van der Waals surface area (Å²) in [6.45, 7) is 14.8. The normalized spacial score (nSPS) is 52.9. The summed E-state index contributed by atoms with van der Waals surface area (Å²) >= 11 is 0. The van der Waals surface area contributed by atoms with Crippen LogP contribution in [0.15, 0.2) is 4.99 Å². The first-order valence-corrected chi connectivity index (χ1v) is 13.6. The van der Waals surface area contributed by atoms with Crippen LogP contribution in [-0.2, 0) is 4.74 Å². The Morgan fingerprint density at radius 2 is 1.78 bits per heavy atom. The van der Waals surface area contributed by atoms with Gasteiger partial charge in [-0.25, -0.2) is 4.99 Å². The quantitative estimate of drug-likeness (QED) is 0.607. The molecule has 0 aromatic rings. The van der Waals surface area contributed by atoms with Crippen molar-refractivity contribution in [1.82, 2.24) is 0 Å². The van der Waals surface area contributed by atoms with Gasteiger partial charge >= 0.3 is 0 Å². The fraction of sp³-hybridized carbons (Fsp3) is 0.964. The zero-order chi connectivity index (χ0) is 23.1. The zero-order valence-corrected chi connectivity index (χ0v) is 21.3. The molecule has 0 saturated heterocycles. The molecule has 0 aromatic carbocycles. The Bertz CT molecular complexity index is 764. The van der Waals surface area contributed by atoms with Gasteiger partial charge in [-0.2, -0.15) is 0 Å². The molecule has 0 amide bonds. The Hall–Kier alpha value is -0.610. The minimum Gasteiger partial charge on any atom is -0.478 e. The van der Waals surface area contributed by atoms with Gasteiger partial charge in [0.2, 0.25) is 0 Å². The van der Waals surface area contributed by atoms with Crippen LogP contribution >= 0.6 is 0 Å². The summed E-state index contributed by atoms with van der Waals surface area (Å²) in [5.74, 6) is 4.49. The lowest BCUT2D eigenvalue weighted by Gasteiger charge is -2.64. The van der Waals surface area contributed by atoms with E-state index in [4.69, 9.17) is 9.73 Å². The van der Waals surface area contributed by atoms with E-state index in [1.807, 2.05) is 0 Å². The molecule has 0 radical (unpaired) electrons. The summed E-state index contributed by atoms with van der Waals surface area (Å²) in [5, 5.41) is 22.4. The first-order valence-electron chi connectivity index (χ1n) is 13.6. The highest BCUT2D eigenvalue weighted by molar-refractivity contribution is 5.82. The van der Waals surface area contributed by atoms with Crippen molar-refractivity contribution in [1.29, 1.82) is 0 Å². The zero-order valence-electron chi connectivity index (χ0n) is 21.3. The van der Waals surface area contributed by atoms with Gasteiger partial charge in [0.15, 0.2) is 5.90 Å². The lowest BCUT2D eigenvalue weighted by Crippen LogP contribution is -2.62. The van der Waals surface area contributed by atoms with Crippen LogP contribution in [0.3, 0.4) is 0 Å². The van der Waals surface area contributed by atoms with Gasteiger partial charge in [0.25, 0.3) is 0 Å². The molecular weight excluding hydrogens is 398 g/mol. The van der Waals surface area contributed by atoms with E-state index in [1.165, 1.54) is 32.1 Å². The van der Waals surface area contributed by atoms with Gasteiger partial charge in [0.05, 0.1) is 17.7 Å². The molecule has 1 unspecified atom stereocenters. The van der Waals surface area contributed by atoms with Crippen LogP contribution in [0.5, 0.6) is 0 Å². The van der Waals surface area contributed by atoms with E-state index in [0.717, 1.165) is 37.0 Å². The van der Waals surface area contributed by atoms with Crippen molar-refractivity contribution in [3.8, 4) is 0 Å². The van der Waals surface area contributed by atoms with Crippen molar-refractivity contribution in [2.75, 3.05) is 6.61 Å². The number of hydrogen-bond acceptors (Lipinski definition) is 4. The number of aliphatic hydroxyl groups is 2. The summed E-state index contributed by atoms with van der Waals surface area (Å²) in [4.78, 5) is 5.02. The monoisotopic (exact) mass is 445 g/mol.